The van der Waals surface area contributed by atoms with Crippen molar-refractivity contribution in [1.82, 2.24) is 9.97 Å². The van der Waals surface area contributed by atoms with Gasteiger partial charge in [0.15, 0.2) is 0 Å². The first-order chi connectivity index (χ1) is 9.27. The second kappa shape index (κ2) is 5.82. The van der Waals surface area contributed by atoms with E-state index < -0.39 is 0 Å². The molecule has 0 saturated carbocycles. The highest BCUT2D eigenvalue weighted by Crippen LogP contribution is 2.32. The van der Waals surface area contributed by atoms with Gasteiger partial charge in [-0.25, -0.2) is 9.97 Å². The Morgan fingerprint density at radius 2 is 1.70 bits per heavy atom. The Bertz CT molecular complexity index is 616. The number of nitrogens with zero attached hydrogens (tertiary/aromatic N) is 2. The lowest BCUT2D eigenvalue weighted by Crippen LogP contribution is -2.17. The van der Waals surface area contributed by atoms with E-state index in [2.05, 4.69) is 77.9 Å². The van der Waals surface area contributed by atoms with Crippen molar-refractivity contribution < 1.29 is 0 Å². The van der Waals surface area contributed by atoms with Gasteiger partial charge < -0.3 is 0 Å². The van der Waals surface area contributed by atoms with Gasteiger partial charge in [0.25, 0.3) is 0 Å². The fraction of sp³-hybridized carbons (Fsp3) is 0.375. The van der Waals surface area contributed by atoms with Crippen LogP contribution in [0.4, 0.5) is 0 Å². The van der Waals surface area contributed by atoms with Crippen LogP contribution in [0.5, 0.6) is 0 Å². The number of benzene rings is 1. The third-order valence-corrected chi connectivity index (χ3v) is 4.30. The third-order valence-electron chi connectivity index (χ3n) is 3.05. The van der Waals surface area contributed by atoms with Gasteiger partial charge in [-0.2, -0.15) is 0 Å². The van der Waals surface area contributed by atoms with Crippen LogP contribution in [0.1, 0.15) is 43.4 Å². The lowest BCUT2D eigenvalue weighted by atomic mass is 9.92. The minimum absolute atomic E-state index is 0.0760. The van der Waals surface area contributed by atoms with E-state index in [0.29, 0.717) is 11.6 Å². The smallest absolute Gasteiger partial charge is 0.147 e. The lowest BCUT2D eigenvalue weighted by molar-refractivity contribution is 0.559. The largest absolute Gasteiger partial charge is 0.236 e. The molecule has 1 aromatic heterocycles. The van der Waals surface area contributed by atoms with Gasteiger partial charge in [-0.05, 0) is 28.4 Å². The summed E-state index contributed by atoms with van der Waals surface area (Å²) < 4.78 is 0.791. The molecule has 2 rings (SSSR count). The summed E-state index contributed by atoms with van der Waals surface area (Å²) in [5.41, 5.74) is 3.31. The van der Waals surface area contributed by atoms with Crippen LogP contribution in [0.15, 0.2) is 28.7 Å². The number of aryl methyl sites for hydroxylation is 1. The first-order valence-electron chi connectivity index (χ1n) is 6.55. The number of hydrogen-bond acceptors (Lipinski definition) is 2. The molecule has 0 aliphatic rings. The van der Waals surface area contributed by atoms with Gasteiger partial charge in [0, 0.05) is 11.8 Å². The van der Waals surface area contributed by atoms with Gasteiger partial charge in [0.05, 0.1) is 10.2 Å². The van der Waals surface area contributed by atoms with Crippen molar-refractivity contribution in [2.75, 3.05) is 0 Å². The van der Waals surface area contributed by atoms with Crippen LogP contribution in [0.3, 0.4) is 0 Å². The molecule has 0 atom stereocenters. The number of hydrogen-bond donors (Lipinski definition) is 0. The summed E-state index contributed by atoms with van der Waals surface area (Å²) in [6.45, 7) is 8.43. The Kier molecular flexibility index (Phi) is 4.50. The molecule has 0 amide bonds. The van der Waals surface area contributed by atoms with E-state index in [1.165, 1.54) is 11.1 Å². The number of aromatic nitrogens is 2. The monoisotopic (exact) mass is 352 g/mol. The van der Waals surface area contributed by atoms with Crippen molar-refractivity contribution in [3.63, 3.8) is 0 Å². The zero-order valence-corrected chi connectivity index (χ0v) is 14.5. The van der Waals surface area contributed by atoms with Crippen molar-refractivity contribution in [3.05, 3.63) is 56.5 Å². The molecule has 4 heteroatoms. The number of halogens is 2. The Hall–Kier alpha value is -0.930. The molecule has 2 nitrogen and oxygen atoms in total. The van der Waals surface area contributed by atoms with Gasteiger partial charge in [0.2, 0.25) is 0 Å². The van der Waals surface area contributed by atoms with Crippen LogP contribution in [-0.4, -0.2) is 9.97 Å². The van der Waals surface area contributed by atoms with Gasteiger partial charge >= 0.3 is 0 Å². The summed E-state index contributed by atoms with van der Waals surface area (Å²) in [5.74, 6) is 0.756. The molecule has 0 bridgehead atoms. The molecule has 2 aromatic rings. The average Bonchev–Trinajstić information content (AvgIpc) is 2.35. The molecule has 20 heavy (non-hydrogen) atoms. The Balaban J connectivity index is 2.38. The summed E-state index contributed by atoms with van der Waals surface area (Å²) in [5, 5.41) is 0.479. The standard InChI is InChI=1S/C16H18BrClN2/c1-10-5-7-11(8-6-10)9-12-19-14(16(2,3)4)13(17)15(18)20-12/h5-8H,9H2,1-4H3. The predicted octanol–water partition coefficient (Wildman–Crippen LogP) is 5.09. The molecule has 1 aromatic carbocycles. The highest BCUT2D eigenvalue weighted by molar-refractivity contribution is 9.10. The average molecular weight is 354 g/mol. The van der Waals surface area contributed by atoms with Gasteiger partial charge in [-0.15, -0.1) is 0 Å². The van der Waals surface area contributed by atoms with E-state index in [4.69, 9.17) is 11.6 Å². The van der Waals surface area contributed by atoms with E-state index in [1.54, 1.807) is 0 Å². The SMILES string of the molecule is Cc1ccc(Cc2nc(Cl)c(Br)c(C(C)(C)C)n2)cc1. The fourth-order valence-corrected chi connectivity index (χ4v) is 2.89. The topological polar surface area (TPSA) is 25.8 Å². The summed E-state index contributed by atoms with van der Waals surface area (Å²) in [4.78, 5) is 9.05. The van der Waals surface area contributed by atoms with E-state index >= 15 is 0 Å². The number of rotatable bonds is 2. The molecule has 0 aliphatic carbocycles. The van der Waals surface area contributed by atoms with Crippen molar-refractivity contribution in [3.8, 4) is 0 Å². The van der Waals surface area contributed by atoms with E-state index in [0.717, 1.165) is 16.0 Å². The minimum atomic E-state index is -0.0760. The normalized spacial score (nSPS) is 11.7. The molecular formula is C16H18BrClN2. The van der Waals surface area contributed by atoms with Gasteiger partial charge in [-0.3, -0.25) is 0 Å². The first-order valence-corrected chi connectivity index (χ1v) is 7.72. The Morgan fingerprint density at radius 3 is 2.25 bits per heavy atom. The lowest BCUT2D eigenvalue weighted by Gasteiger charge is -2.20. The molecule has 0 radical (unpaired) electrons. The van der Waals surface area contributed by atoms with Crippen molar-refractivity contribution in [1.29, 1.82) is 0 Å². The van der Waals surface area contributed by atoms with Crippen LogP contribution in [-0.2, 0) is 11.8 Å². The molecule has 0 N–H and O–H groups in total. The molecular weight excluding hydrogens is 336 g/mol. The van der Waals surface area contributed by atoms with Crippen molar-refractivity contribution >= 4 is 27.5 Å². The zero-order chi connectivity index (χ0) is 14.9. The van der Waals surface area contributed by atoms with Crippen LogP contribution in [0.2, 0.25) is 5.15 Å². The molecule has 1 heterocycles. The second-order valence-electron chi connectivity index (χ2n) is 6.01. The van der Waals surface area contributed by atoms with Gasteiger partial charge in [0.1, 0.15) is 11.0 Å². The second-order valence-corrected chi connectivity index (χ2v) is 7.16. The molecule has 0 fully saturated rings. The highest BCUT2D eigenvalue weighted by atomic mass is 79.9. The van der Waals surface area contributed by atoms with Crippen LogP contribution in [0, 0.1) is 6.92 Å². The molecule has 106 valence electrons. The van der Waals surface area contributed by atoms with Gasteiger partial charge in [-0.1, -0.05) is 62.2 Å². The maximum atomic E-state index is 6.22. The van der Waals surface area contributed by atoms with Crippen LogP contribution < -0.4 is 0 Å². The Morgan fingerprint density at radius 1 is 1.10 bits per heavy atom. The summed E-state index contributed by atoms with van der Waals surface area (Å²) in [6, 6.07) is 8.40. The Labute approximate surface area is 133 Å². The van der Waals surface area contributed by atoms with E-state index in [-0.39, 0.29) is 5.41 Å². The molecule has 0 aliphatic heterocycles. The fourth-order valence-electron chi connectivity index (χ4n) is 1.93. The van der Waals surface area contributed by atoms with Crippen LogP contribution in [0.25, 0.3) is 0 Å². The van der Waals surface area contributed by atoms with Crippen LogP contribution >= 0.6 is 27.5 Å². The highest BCUT2D eigenvalue weighted by Gasteiger charge is 2.22. The summed E-state index contributed by atoms with van der Waals surface area (Å²) in [6.07, 6.45) is 0.691. The molecule has 0 unspecified atom stereocenters. The van der Waals surface area contributed by atoms with Crippen molar-refractivity contribution in [2.45, 2.75) is 39.5 Å². The molecule has 0 spiro atoms. The van der Waals surface area contributed by atoms with Crippen molar-refractivity contribution in [2.24, 2.45) is 0 Å². The van der Waals surface area contributed by atoms with E-state index in [9.17, 15) is 0 Å². The summed E-state index contributed by atoms with van der Waals surface area (Å²) >= 11 is 9.71. The minimum Gasteiger partial charge on any atom is -0.236 e. The third kappa shape index (κ3) is 3.58. The quantitative estimate of drug-likeness (QED) is 0.703. The molecule has 0 saturated heterocycles. The predicted molar refractivity (Wildman–Crippen MR) is 87.4 cm³/mol. The maximum absolute atomic E-state index is 6.22. The zero-order valence-electron chi connectivity index (χ0n) is 12.2. The first kappa shape index (κ1) is 15.5. The van der Waals surface area contributed by atoms with E-state index in [1.807, 2.05) is 0 Å². The maximum Gasteiger partial charge on any atom is 0.147 e. The summed E-state index contributed by atoms with van der Waals surface area (Å²) in [7, 11) is 0.